The Morgan fingerprint density at radius 1 is 1.50 bits per heavy atom. The first kappa shape index (κ1) is 11.4. The minimum atomic E-state index is -0.140. The minimum absolute atomic E-state index is 0.140. The molecule has 1 atom stereocenters. The van der Waals surface area contributed by atoms with Gasteiger partial charge in [-0.1, -0.05) is 13.8 Å². The highest BCUT2D eigenvalue weighted by Crippen LogP contribution is 2.25. The van der Waals surface area contributed by atoms with Crippen LogP contribution in [0.4, 0.5) is 10.1 Å². The molecular weight excluding hydrogens is 203 g/mol. The average Bonchev–Trinajstić information content (AvgIpc) is 2.26. The van der Waals surface area contributed by atoms with Crippen molar-refractivity contribution < 1.29 is 4.39 Å². The highest BCUT2D eigenvalue weighted by atomic mass is 19.1. The van der Waals surface area contributed by atoms with Gasteiger partial charge in [-0.15, -0.1) is 0 Å². The molecule has 1 unspecified atom stereocenters. The summed E-state index contributed by atoms with van der Waals surface area (Å²) in [5.41, 5.74) is 2.18. The van der Waals surface area contributed by atoms with Crippen LogP contribution in [0.1, 0.15) is 25.8 Å². The maximum Gasteiger partial charge on any atom is 0.123 e. The van der Waals surface area contributed by atoms with Crippen molar-refractivity contribution in [3.8, 4) is 0 Å². The number of rotatable bonds is 3. The Balaban J connectivity index is 1.98. The smallest absolute Gasteiger partial charge is 0.123 e. The third-order valence-electron chi connectivity index (χ3n) is 2.96. The van der Waals surface area contributed by atoms with Gasteiger partial charge < -0.3 is 10.6 Å². The lowest BCUT2D eigenvalue weighted by molar-refractivity contribution is 0.515. The number of hydrogen-bond donors (Lipinski definition) is 2. The molecule has 2 nitrogen and oxygen atoms in total. The van der Waals surface area contributed by atoms with E-state index in [9.17, 15) is 4.39 Å². The Morgan fingerprint density at radius 2 is 2.31 bits per heavy atom. The van der Waals surface area contributed by atoms with Crippen LogP contribution in [-0.2, 0) is 6.42 Å². The van der Waals surface area contributed by atoms with Crippen molar-refractivity contribution in [1.29, 1.82) is 0 Å². The molecule has 0 amide bonds. The van der Waals surface area contributed by atoms with E-state index in [-0.39, 0.29) is 5.82 Å². The Labute approximate surface area is 96.2 Å². The lowest BCUT2D eigenvalue weighted by atomic mass is 9.98. The van der Waals surface area contributed by atoms with Crippen LogP contribution in [-0.4, -0.2) is 18.6 Å². The Morgan fingerprint density at radius 3 is 3.06 bits per heavy atom. The van der Waals surface area contributed by atoms with Gasteiger partial charge in [-0.2, -0.15) is 0 Å². The van der Waals surface area contributed by atoms with Gasteiger partial charge >= 0.3 is 0 Å². The first-order valence-electron chi connectivity index (χ1n) is 5.93. The van der Waals surface area contributed by atoms with Crippen LogP contribution in [0.3, 0.4) is 0 Å². The van der Waals surface area contributed by atoms with Crippen LogP contribution in [0, 0.1) is 5.82 Å². The van der Waals surface area contributed by atoms with E-state index in [0.29, 0.717) is 12.1 Å². The Hall–Kier alpha value is -1.09. The molecule has 0 saturated carbocycles. The Bertz CT molecular complexity index is 363. The molecule has 2 rings (SSSR count). The molecule has 1 aliphatic heterocycles. The number of anilines is 1. The molecule has 0 spiro atoms. The molecule has 1 aromatic rings. The van der Waals surface area contributed by atoms with E-state index in [1.165, 1.54) is 6.07 Å². The molecule has 1 aliphatic rings. The maximum absolute atomic E-state index is 13.0. The lowest BCUT2D eigenvalue weighted by Crippen LogP contribution is -2.38. The third kappa shape index (κ3) is 2.73. The van der Waals surface area contributed by atoms with Gasteiger partial charge in [0.25, 0.3) is 0 Å². The molecule has 0 aliphatic carbocycles. The van der Waals surface area contributed by atoms with Crippen molar-refractivity contribution in [3.63, 3.8) is 0 Å². The molecule has 0 saturated heterocycles. The normalized spacial score (nSPS) is 19.4. The van der Waals surface area contributed by atoms with Gasteiger partial charge in [-0.25, -0.2) is 4.39 Å². The molecule has 0 aromatic heterocycles. The molecule has 16 heavy (non-hydrogen) atoms. The van der Waals surface area contributed by atoms with E-state index in [2.05, 4.69) is 24.5 Å². The number of halogens is 1. The zero-order chi connectivity index (χ0) is 11.5. The Kier molecular flexibility index (Phi) is 3.44. The van der Waals surface area contributed by atoms with E-state index in [0.717, 1.165) is 30.6 Å². The zero-order valence-electron chi connectivity index (χ0n) is 9.89. The fourth-order valence-electron chi connectivity index (χ4n) is 2.06. The standard InChI is InChI=1S/C13H19FN2/c1-9(2)15-8-12-5-3-10-7-11(14)4-6-13(10)16-12/h4,6-7,9,12,15-16H,3,5,8H2,1-2H3. The van der Waals surface area contributed by atoms with Crippen molar-refractivity contribution in [1.82, 2.24) is 5.32 Å². The highest BCUT2D eigenvalue weighted by Gasteiger charge is 2.17. The van der Waals surface area contributed by atoms with E-state index in [1.54, 1.807) is 6.07 Å². The SMILES string of the molecule is CC(C)NCC1CCc2cc(F)ccc2N1. The number of hydrogen-bond acceptors (Lipinski definition) is 2. The summed E-state index contributed by atoms with van der Waals surface area (Å²) in [5, 5.41) is 6.87. The van der Waals surface area contributed by atoms with Gasteiger partial charge in [-0.3, -0.25) is 0 Å². The van der Waals surface area contributed by atoms with Crippen molar-refractivity contribution in [2.45, 2.75) is 38.8 Å². The third-order valence-corrected chi connectivity index (χ3v) is 2.96. The van der Waals surface area contributed by atoms with E-state index in [4.69, 9.17) is 0 Å². The fourth-order valence-corrected chi connectivity index (χ4v) is 2.06. The second kappa shape index (κ2) is 4.83. The van der Waals surface area contributed by atoms with Crippen molar-refractivity contribution in [3.05, 3.63) is 29.6 Å². The molecule has 0 bridgehead atoms. The van der Waals surface area contributed by atoms with Gasteiger partial charge in [0, 0.05) is 24.3 Å². The zero-order valence-corrected chi connectivity index (χ0v) is 9.89. The number of nitrogens with one attached hydrogen (secondary N) is 2. The van der Waals surface area contributed by atoms with Crippen LogP contribution < -0.4 is 10.6 Å². The molecule has 88 valence electrons. The summed E-state index contributed by atoms with van der Waals surface area (Å²) in [5.74, 6) is -0.140. The summed E-state index contributed by atoms with van der Waals surface area (Å²) in [4.78, 5) is 0. The van der Waals surface area contributed by atoms with Crippen molar-refractivity contribution >= 4 is 5.69 Å². The molecule has 0 radical (unpaired) electrons. The number of fused-ring (bicyclic) bond motifs is 1. The van der Waals surface area contributed by atoms with Gasteiger partial charge in [0.2, 0.25) is 0 Å². The maximum atomic E-state index is 13.0. The summed E-state index contributed by atoms with van der Waals surface area (Å²) in [6.45, 7) is 5.26. The van der Waals surface area contributed by atoms with Crippen LogP contribution in [0.25, 0.3) is 0 Å². The predicted molar refractivity (Wildman–Crippen MR) is 65.3 cm³/mol. The van der Waals surface area contributed by atoms with Crippen LogP contribution >= 0.6 is 0 Å². The first-order chi connectivity index (χ1) is 7.65. The topological polar surface area (TPSA) is 24.1 Å². The highest BCUT2D eigenvalue weighted by molar-refractivity contribution is 5.54. The molecule has 3 heteroatoms. The van der Waals surface area contributed by atoms with Crippen molar-refractivity contribution in [2.75, 3.05) is 11.9 Å². The molecule has 1 aromatic carbocycles. The summed E-state index contributed by atoms with van der Waals surface area (Å²) >= 11 is 0. The van der Waals surface area contributed by atoms with E-state index >= 15 is 0 Å². The summed E-state index contributed by atoms with van der Waals surface area (Å²) < 4.78 is 13.0. The van der Waals surface area contributed by atoms with Gasteiger partial charge in [0.05, 0.1) is 0 Å². The predicted octanol–water partition coefficient (Wildman–Crippen LogP) is 2.55. The monoisotopic (exact) mass is 222 g/mol. The quantitative estimate of drug-likeness (QED) is 0.821. The van der Waals surface area contributed by atoms with E-state index in [1.807, 2.05) is 6.07 Å². The second-order valence-electron chi connectivity index (χ2n) is 4.74. The fraction of sp³-hybridized carbons (Fsp3) is 0.538. The minimum Gasteiger partial charge on any atom is -0.381 e. The van der Waals surface area contributed by atoms with Gasteiger partial charge in [0.1, 0.15) is 5.82 Å². The summed E-state index contributed by atoms with van der Waals surface area (Å²) in [6, 6.07) is 5.96. The van der Waals surface area contributed by atoms with Gasteiger partial charge in [0.15, 0.2) is 0 Å². The second-order valence-corrected chi connectivity index (χ2v) is 4.74. The molecule has 2 N–H and O–H groups in total. The number of benzene rings is 1. The summed E-state index contributed by atoms with van der Waals surface area (Å²) in [6.07, 6.45) is 2.03. The van der Waals surface area contributed by atoms with E-state index < -0.39 is 0 Å². The van der Waals surface area contributed by atoms with Crippen molar-refractivity contribution in [2.24, 2.45) is 0 Å². The molecule has 0 fully saturated rings. The molecular formula is C13H19FN2. The number of aryl methyl sites for hydroxylation is 1. The average molecular weight is 222 g/mol. The largest absolute Gasteiger partial charge is 0.381 e. The lowest BCUT2D eigenvalue weighted by Gasteiger charge is -2.28. The van der Waals surface area contributed by atoms with Crippen LogP contribution in [0.5, 0.6) is 0 Å². The first-order valence-corrected chi connectivity index (χ1v) is 5.93. The van der Waals surface area contributed by atoms with Crippen LogP contribution in [0.15, 0.2) is 18.2 Å². The molecule has 1 heterocycles. The van der Waals surface area contributed by atoms with Gasteiger partial charge in [-0.05, 0) is 36.6 Å². The van der Waals surface area contributed by atoms with Crippen LogP contribution in [0.2, 0.25) is 0 Å². The summed E-state index contributed by atoms with van der Waals surface area (Å²) in [7, 11) is 0.